The Kier molecular flexibility index (Phi) is 5.99. The largest absolute Gasteiger partial charge is 0.478 e. The number of hydrogen-bond acceptors (Lipinski definition) is 5. The van der Waals surface area contributed by atoms with Crippen molar-refractivity contribution in [3.05, 3.63) is 47.7 Å². The van der Waals surface area contributed by atoms with Crippen LogP contribution in [0.4, 0.5) is 11.5 Å². The molecule has 1 amide bonds. The zero-order valence-electron chi connectivity index (χ0n) is 18.7. The lowest BCUT2D eigenvalue weighted by Crippen LogP contribution is -2.46. The van der Waals surface area contributed by atoms with E-state index in [1.165, 1.54) is 22.3 Å². The van der Waals surface area contributed by atoms with Crippen molar-refractivity contribution in [2.24, 2.45) is 0 Å². The average Bonchev–Trinajstić information content (AvgIpc) is 3.19. The topological polar surface area (TPSA) is 73.5 Å². The van der Waals surface area contributed by atoms with Crippen LogP contribution < -0.4 is 15.0 Å². The highest BCUT2D eigenvalue weighted by Crippen LogP contribution is 2.28. The Morgan fingerprint density at radius 3 is 2.81 bits per heavy atom. The van der Waals surface area contributed by atoms with E-state index in [2.05, 4.69) is 56.3 Å². The Hall–Kier alpha value is -3.06. The maximum absolute atomic E-state index is 11.5. The number of rotatable bonds is 7. The second-order valence-corrected chi connectivity index (χ2v) is 8.78. The highest BCUT2D eigenvalue weighted by atomic mass is 16.5. The van der Waals surface area contributed by atoms with Gasteiger partial charge < -0.3 is 19.9 Å². The Morgan fingerprint density at radius 2 is 1.94 bits per heavy atom. The summed E-state index contributed by atoms with van der Waals surface area (Å²) in [6, 6.07) is 12.7. The number of aromatic amines is 1. The number of anilines is 2. The highest BCUT2D eigenvalue weighted by molar-refractivity contribution is 5.93. The number of unbranched alkanes of at least 4 members (excludes halogenated alkanes) is 1. The first kappa shape index (κ1) is 20.8. The monoisotopic (exact) mass is 433 g/mol. The Bertz CT molecular complexity index is 1100. The lowest BCUT2D eigenvalue weighted by molar-refractivity contribution is -0.116. The maximum atomic E-state index is 11.5. The van der Waals surface area contributed by atoms with Gasteiger partial charge in [-0.25, -0.2) is 0 Å². The smallest absolute Gasteiger partial charge is 0.225 e. The van der Waals surface area contributed by atoms with Crippen LogP contribution in [0.2, 0.25) is 0 Å². The third-order valence-corrected chi connectivity index (χ3v) is 6.44. The van der Waals surface area contributed by atoms with Gasteiger partial charge in [0.2, 0.25) is 11.8 Å². The van der Waals surface area contributed by atoms with E-state index in [1.54, 1.807) is 0 Å². The third kappa shape index (κ3) is 4.58. The maximum Gasteiger partial charge on any atom is 0.225 e. The number of fused-ring (bicyclic) bond motifs is 2. The van der Waals surface area contributed by atoms with Crippen LogP contribution in [-0.2, 0) is 11.2 Å². The molecular formula is C25H31N5O2. The molecule has 1 aromatic carbocycles. The summed E-state index contributed by atoms with van der Waals surface area (Å²) < 4.78 is 5.82. The van der Waals surface area contributed by atoms with Crippen molar-refractivity contribution in [2.45, 2.75) is 32.6 Å². The predicted octanol–water partition coefficient (Wildman–Crippen LogP) is 3.74. The summed E-state index contributed by atoms with van der Waals surface area (Å²) in [7, 11) is 0. The second-order valence-electron chi connectivity index (χ2n) is 8.78. The summed E-state index contributed by atoms with van der Waals surface area (Å²) in [6.07, 6.45) is 3.38. The van der Waals surface area contributed by atoms with Crippen molar-refractivity contribution < 1.29 is 9.53 Å². The van der Waals surface area contributed by atoms with Crippen LogP contribution in [0.3, 0.4) is 0 Å². The zero-order valence-corrected chi connectivity index (χ0v) is 18.7. The molecule has 32 heavy (non-hydrogen) atoms. The number of ether oxygens (including phenoxy) is 1. The molecule has 0 unspecified atom stereocenters. The van der Waals surface area contributed by atoms with E-state index in [0.717, 1.165) is 57.5 Å². The van der Waals surface area contributed by atoms with E-state index in [9.17, 15) is 4.79 Å². The molecule has 2 N–H and O–H groups in total. The molecule has 3 aromatic rings. The van der Waals surface area contributed by atoms with Gasteiger partial charge in [-0.05, 0) is 62.6 Å². The lowest BCUT2D eigenvalue weighted by Gasteiger charge is -2.36. The summed E-state index contributed by atoms with van der Waals surface area (Å²) in [5.74, 6) is 1.28. The van der Waals surface area contributed by atoms with Crippen molar-refractivity contribution in [1.82, 2.24) is 14.9 Å². The fourth-order valence-electron chi connectivity index (χ4n) is 4.68. The quantitative estimate of drug-likeness (QED) is 0.556. The molecule has 0 radical (unpaired) electrons. The Balaban J connectivity index is 1.04. The number of nitrogens with zero attached hydrogens (tertiary/aromatic N) is 3. The van der Waals surface area contributed by atoms with E-state index in [4.69, 9.17) is 4.74 Å². The Labute approximate surface area is 188 Å². The SMILES string of the molecule is Cc1cc2c(N3CCN(CCCCOc4ccc5c(n4)NC(=O)CC5)CC3)cccc2[nH]1. The molecule has 0 bridgehead atoms. The predicted molar refractivity (Wildman–Crippen MR) is 128 cm³/mol. The number of amides is 1. The molecule has 0 saturated carbocycles. The number of H-pyrrole nitrogens is 1. The van der Waals surface area contributed by atoms with Gasteiger partial charge in [-0.1, -0.05) is 6.07 Å². The molecule has 1 saturated heterocycles. The number of hydrogen-bond donors (Lipinski definition) is 2. The van der Waals surface area contributed by atoms with Crippen LogP contribution in [0.25, 0.3) is 10.9 Å². The molecule has 0 aliphatic carbocycles. The Morgan fingerprint density at radius 1 is 1.06 bits per heavy atom. The van der Waals surface area contributed by atoms with Gasteiger partial charge in [0.1, 0.15) is 5.82 Å². The summed E-state index contributed by atoms with van der Waals surface area (Å²) in [6.45, 7) is 8.16. The number of aryl methyl sites for hydroxylation is 2. The van der Waals surface area contributed by atoms with Crippen LogP contribution in [0.5, 0.6) is 5.88 Å². The van der Waals surface area contributed by atoms with Crippen molar-refractivity contribution in [3.63, 3.8) is 0 Å². The van der Waals surface area contributed by atoms with Crippen molar-refractivity contribution in [2.75, 3.05) is 49.5 Å². The number of pyridine rings is 1. The fourth-order valence-corrected chi connectivity index (χ4v) is 4.68. The van der Waals surface area contributed by atoms with E-state index < -0.39 is 0 Å². The number of carbonyl (C=O) groups is 1. The molecule has 2 aliphatic rings. The van der Waals surface area contributed by atoms with Crippen LogP contribution in [0.1, 0.15) is 30.5 Å². The van der Waals surface area contributed by atoms with Gasteiger partial charge in [-0.15, -0.1) is 0 Å². The summed E-state index contributed by atoms with van der Waals surface area (Å²) in [4.78, 5) is 24.5. The van der Waals surface area contributed by atoms with Crippen LogP contribution in [0, 0.1) is 6.92 Å². The first-order valence-electron chi connectivity index (χ1n) is 11.6. The van der Waals surface area contributed by atoms with Gasteiger partial charge in [0.15, 0.2) is 0 Å². The van der Waals surface area contributed by atoms with Crippen molar-refractivity contribution >= 4 is 28.3 Å². The van der Waals surface area contributed by atoms with E-state index >= 15 is 0 Å². The first-order chi connectivity index (χ1) is 15.7. The minimum absolute atomic E-state index is 0.0298. The summed E-state index contributed by atoms with van der Waals surface area (Å²) in [5.41, 5.74) is 4.86. The van der Waals surface area contributed by atoms with E-state index in [1.807, 2.05) is 12.1 Å². The molecular weight excluding hydrogens is 402 g/mol. The van der Waals surface area contributed by atoms with Gasteiger partial charge in [0, 0.05) is 61.0 Å². The summed E-state index contributed by atoms with van der Waals surface area (Å²) >= 11 is 0. The second kappa shape index (κ2) is 9.20. The molecule has 7 nitrogen and oxygen atoms in total. The number of aromatic nitrogens is 2. The standard InChI is InChI=1S/C25H31N5O2/c1-18-17-20-21(26-18)5-4-6-22(20)30-14-12-29(13-15-30)11-2-3-16-32-24-10-8-19-7-9-23(31)27-25(19)28-24/h4-6,8,10,17,26H,2-3,7,9,11-16H2,1H3,(H,27,28,31). The van der Waals surface area contributed by atoms with Crippen LogP contribution >= 0.6 is 0 Å². The molecule has 4 heterocycles. The highest BCUT2D eigenvalue weighted by Gasteiger charge is 2.19. The van der Waals surface area contributed by atoms with Gasteiger partial charge in [0.25, 0.3) is 0 Å². The zero-order chi connectivity index (χ0) is 21.9. The minimum atomic E-state index is 0.0298. The molecule has 2 aliphatic heterocycles. The molecule has 0 spiro atoms. The molecule has 0 atom stereocenters. The molecule has 1 fully saturated rings. The number of carbonyl (C=O) groups excluding carboxylic acids is 1. The minimum Gasteiger partial charge on any atom is -0.478 e. The number of nitrogens with one attached hydrogen (secondary N) is 2. The summed E-state index contributed by atoms with van der Waals surface area (Å²) in [5, 5.41) is 4.15. The van der Waals surface area contributed by atoms with E-state index in [0.29, 0.717) is 24.7 Å². The van der Waals surface area contributed by atoms with Gasteiger partial charge in [-0.2, -0.15) is 4.98 Å². The average molecular weight is 434 g/mol. The molecule has 168 valence electrons. The fraction of sp³-hybridized carbons (Fsp3) is 0.440. The normalized spacial score (nSPS) is 16.8. The van der Waals surface area contributed by atoms with E-state index in [-0.39, 0.29) is 5.91 Å². The van der Waals surface area contributed by atoms with Gasteiger partial charge in [-0.3, -0.25) is 9.69 Å². The van der Waals surface area contributed by atoms with Crippen molar-refractivity contribution in [1.29, 1.82) is 0 Å². The lowest BCUT2D eigenvalue weighted by atomic mass is 10.1. The third-order valence-electron chi connectivity index (χ3n) is 6.44. The van der Waals surface area contributed by atoms with Crippen molar-refractivity contribution in [3.8, 4) is 5.88 Å². The molecule has 5 rings (SSSR count). The molecule has 7 heteroatoms. The van der Waals surface area contributed by atoms with Gasteiger partial charge in [0.05, 0.1) is 6.61 Å². The molecule has 2 aromatic heterocycles. The van der Waals surface area contributed by atoms with Gasteiger partial charge >= 0.3 is 0 Å². The van der Waals surface area contributed by atoms with Crippen LogP contribution in [0.15, 0.2) is 36.4 Å². The number of piperazine rings is 1. The number of benzene rings is 1. The van der Waals surface area contributed by atoms with Crippen LogP contribution in [-0.4, -0.2) is 60.1 Å². The first-order valence-corrected chi connectivity index (χ1v) is 11.6.